The van der Waals surface area contributed by atoms with Crippen LogP contribution in [0.1, 0.15) is 23.4 Å². The molecule has 17 heavy (non-hydrogen) atoms. The molecule has 0 unspecified atom stereocenters. The molecule has 1 aliphatic rings. The Morgan fingerprint density at radius 3 is 2.94 bits per heavy atom. The Balaban J connectivity index is 2.08. The molecule has 0 radical (unpaired) electrons. The van der Waals surface area contributed by atoms with E-state index in [9.17, 15) is 0 Å². The Morgan fingerprint density at radius 1 is 1.29 bits per heavy atom. The van der Waals surface area contributed by atoms with Gasteiger partial charge in [-0.2, -0.15) is 0 Å². The molecule has 0 atom stereocenters. The lowest BCUT2D eigenvalue weighted by molar-refractivity contribution is 0.897. The highest BCUT2D eigenvalue weighted by atomic mass is 32.1. The van der Waals surface area contributed by atoms with Gasteiger partial charge in [-0.15, -0.1) is 10.2 Å². The molecular formula is C12H14N4S. The summed E-state index contributed by atoms with van der Waals surface area (Å²) in [7, 11) is 1.86. The normalized spacial score (nSPS) is 13.8. The standard InChI is InChI=1S/C12H14N4S/c1-7-9(11-15-16-12(13-2)17-11)6-8-4-3-5-10(8)14-7/h6H,3-5H2,1-2H3,(H,13,16). The molecule has 2 heterocycles. The first-order chi connectivity index (χ1) is 8.28. The number of hydrogen-bond donors (Lipinski definition) is 1. The third kappa shape index (κ3) is 1.80. The maximum atomic E-state index is 4.68. The summed E-state index contributed by atoms with van der Waals surface area (Å²) in [6, 6.07) is 2.24. The van der Waals surface area contributed by atoms with Crippen molar-refractivity contribution in [2.24, 2.45) is 0 Å². The number of nitrogens with one attached hydrogen (secondary N) is 1. The average molecular weight is 246 g/mol. The van der Waals surface area contributed by atoms with E-state index >= 15 is 0 Å². The maximum Gasteiger partial charge on any atom is 0.205 e. The number of aryl methyl sites for hydroxylation is 3. The molecule has 0 saturated heterocycles. The van der Waals surface area contributed by atoms with E-state index < -0.39 is 0 Å². The number of pyridine rings is 1. The van der Waals surface area contributed by atoms with E-state index in [0.29, 0.717) is 0 Å². The van der Waals surface area contributed by atoms with E-state index in [-0.39, 0.29) is 0 Å². The molecule has 88 valence electrons. The molecule has 3 rings (SSSR count). The van der Waals surface area contributed by atoms with Crippen molar-refractivity contribution in [3.63, 3.8) is 0 Å². The van der Waals surface area contributed by atoms with Gasteiger partial charge in [0.05, 0.1) is 0 Å². The van der Waals surface area contributed by atoms with E-state index in [1.165, 1.54) is 17.7 Å². The summed E-state index contributed by atoms with van der Waals surface area (Å²) < 4.78 is 0. The second kappa shape index (κ2) is 4.07. The van der Waals surface area contributed by atoms with Crippen molar-refractivity contribution in [3.8, 4) is 10.6 Å². The largest absolute Gasteiger partial charge is 0.363 e. The lowest BCUT2D eigenvalue weighted by atomic mass is 10.1. The van der Waals surface area contributed by atoms with Gasteiger partial charge < -0.3 is 5.32 Å². The zero-order valence-electron chi connectivity index (χ0n) is 9.95. The molecule has 2 aromatic rings. The lowest BCUT2D eigenvalue weighted by Gasteiger charge is -2.05. The van der Waals surface area contributed by atoms with Crippen LogP contribution in [0, 0.1) is 6.92 Å². The number of hydrogen-bond acceptors (Lipinski definition) is 5. The molecule has 1 aliphatic carbocycles. The quantitative estimate of drug-likeness (QED) is 0.884. The molecule has 0 aliphatic heterocycles. The fourth-order valence-electron chi connectivity index (χ4n) is 2.23. The predicted octanol–water partition coefficient (Wildman–Crippen LogP) is 2.44. The third-order valence-corrected chi connectivity index (χ3v) is 4.08. The zero-order chi connectivity index (χ0) is 11.8. The molecule has 2 aromatic heterocycles. The molecule has 0 bridgehead atoms. The SMILES string of the molecule is CNc1nnc(-c2cc3c(nc2C)CCC3)s1. The summed E-state index contributed by atoms with van der Waals surface area (Å²) >= 11 is 1.57. The molecule has 0 spiro atoms. The first kappa shape index (κ1) is 10.7. The van der Waals surface area contributed by atoms with Crippen LogP contribution in [0.5, 0.6) is 0 Å². The van der Waals surface area contributed by atoms with Gasteiger partial charge in [-0.1, -0.05) is 11.3 Å². The minimum atomic E-state index is 0.847. The Morgan fingerprint density at radius 2 is 2.18 bits per heavy atom. The predicted molar refractivity (Wildman–Crippen MR) is 69.4 cm³/mol. The maximum absolute atomic E-state index is 4.68. The van der Waals surface area contributed by atoms with Crippen LogP contribution in [-0.2, 0) is 12.8 Å². The smallest absolute Gasteiger partial charge is 0.205 e. The van der Waals surface area contributed by atoms with E-state index in [2.05, 4.69) is 26.6 Å². The third-order valence-electron chi connectivity index (χ3n) is 3.11. The van der Waals surface area contributed by atoms with Gasteiger partial charge in [-0.3, -0.25) is 4.98 Å². The molecule has 0 fully saturated rings. The van der Waals surface area contributed by atoms with Crippen molar-refractivity contribution in [3.05, 3.63) is 23.0 Å². The van der Waals surface area contributed by atoms with Crippen LogP contribution in [0.4, 0.5) is 5.13 Å². The Bertz CT molecular complexity index is 562. The second-order valence-corrected chi connectivity index (χ2v) is 5.22. The Kier molecular flexibility index (Phi) is 2.55. The van der Waals surface area contributed by atoms with Gasteiger partial charge in [0.1, 0.15) is 0 Å². The van der Waals surface area contributed by atoms with Crippen LogP contribution in [0.3, 0.4) is 0 Å². The molecule has 5 heteroatoms. The molecular weight excluding hydrogens is 232 g/mol. The summed E-state index contributed by atoms with van der Waals surface area (Å²) in [5.41, 5.74) is 4.84. The van der Waals surface area contributed by atoms with Crippen molar-refractivity contribution < 1.29 is 0 Å². The van der Waals surface area contributed by atoms with Gasteiger partial charge in [0, 0.05) is 24.0 Å². The van der Waals surface area contributed by atoms with Crippen LogP contribution in [0.25, 0.3) is 10.6 Å². The summed E-state index contributed by atoms with van der Waals surface area (Å²) in [5.74, 6) is 0. The fraction of sp³-hybridized carbons (Fsp3) is 0.417. The molecule has 0 aromatic carbocycles. The van der Waals surface area contributed by atoms with Crippen molar-refractivity contribution in [1.82, 2.24) is 15.2 Å². The van der Waals surface area contributed by atoms with Crippen LogP contribution >= 0.6 is 11.3 Å². The number of fused-ring (bicyclic) bond motifs is 1. The molecule has 0 amide bonds. The van der Waals surface area contributed by atoms with Crippen molar-refractivity contribution >= 4 is 16.5 Å². The van der Waals surface area contributed by atoms with Gasteiger partial charge in [-0.25, -0.2) is 0 Å². The van der Waals surface area contributed by atoms with Crippen LogP contribution in [-0.4, -0.2) is 22.2 Å². The van der Waals surface area contributed by atoms with Gasteiger partial charge in [0.25, 0.3) is 0 Å². The molecule has 1 N–H and O–H groups in total. The van der Waals surface area contributed by atoms with Gasteiger partial charge >= 0.3 is 0 Å². The van der Waals surface area contributed by atoms with Crippen LogP contribution in [0.2, 0.25) is 0 Å². The minimum Gasteiger partial charge on any atom is -0.363 e. The molecule has 4 nitrogen and oxygen atoms in total. The zero-order valence-corrected chi connectivity index (χ0v) is 10.8. The topological polar surface area (TPSA) is 50.7 Å². The van der Waals surface area contributed by atoms with Crippen LogP contribution in [0.15, 0.2) is 6.07 Å². The molecule has 0 saturated carbocycles. The highest BCUT2D eigenvalue weighted by Gasteiger charge is 2.17. The monoisotopic (exact) mass is 246 g/mol. The second-order valence-electron chi connectivity index (χ2n) is 4.24. The van der Waals surface area contributed by atoms with Crippen molar-refractivity contribution in [2.45, 2.75) is 26.2 Å². The van der Waals surface area contributed by atoms with E-state index in [4.69, 9.17) is 0 Å². The fourth-order valence-corrected chi connectivity index (χ4v) is 2.99. The van der Waals surface area contributed by atoms with Crippen molar-refractivity contribution in [2.75, 3.05) is 12.4 Å². The summed E-state index contributed by atoms with van der Waals surface area (Å²) in [4.78, 5) is 4.68. The van der Waals surface area contributed by atoms with E-state index in [0.717, 1.165) is 34.2 Å². The van der Waals surface area contributed by atoms with Crippen LogP contribution < -0.4 is 5.32 Å². The van der Waals surface area contributed by atoms with Crippen molar-refractivity contribution in [1.29, 1.82) is 0 Å². The average Bonchev–Trinajstić information content (AvgIpc) is 2.94. The van der Waals surface area contributed by atoms with Gasteiger partial charge in [0.15, 0.2) is 5.01 Å². The first-order valence-electron chi connectivity index (χ1n) is 5.79. The number of anilines is 1. The number of rotatable bonds is 2. The highest BCUT2D eigenvalue weighted by molar-refractivity contribution is 7.18. The first-order valence-corrected chi connectivity index (χ1v) is 6.60. The number of aromatic nitrogens is 3. The highest BCUT2D eigenvalue weighted by Crippen LogP contribution is 2.31. The summed E-state index contributed by atoms with van der Waals surface area (Å²) in [6.45, 7) is 2.05. The number of nitrogens with zero attached hydrogens (tertiary/aromatic N) is 3. The van der Waals surface area contributed by atoms with Gasteiger partial charge in [-0.05, 0) is 37.8 Å². The lowest BCUT2D eigenvalue weighted by Crippen LogP contribution is -1.94. The van der Waals surface area contributed by atoms with Gasteiger partial charge in [0.2, 0.25) is 5.13 Å². The Labute approximate surface area is 104 Å². The summed E-state index contributed by atoms with van der Waals surface area (Å²) in [6.07, 6.45) is 3.49. The summed E-state index contributed by atoms with van der Waals surface area (Å²) in [5, 5.41) is 13.1. The minimum absolute atomic E-state index is 0.847. The van der Waals surface area contributed by atoms with E-state index in [1.54, 1.807) is 11.3 Å². The Hall–Kier alpha value is -1.49. The van der Waals surface area contributed by atoms with E-state index in [1.807, 2.05) is 14.0 Å².